The topological polar surface area (TPSA) is 92.4 Å². The first-order chi connectivity index (χ1) is 9.64. The Bertz CT molecular complexity index is 533. The lowest BCUT2D eigenvalue weighted by Crippen LogP contribution is -2.32. The van der Waals surface area contributed by atoms with Gasteiger partial charge in [0, 0.05) is 12.2 Å². The molecule has 4 N–H and O–H groups in total. The molecule has 0 aliphatic rings. The summed E-state index contributed by atoms with van der Waals surface area (Å²) in [5.74, 6) is -1.48. The van der Waals surface area contributed by atoms with Gasteiger partial charge < -0.3 is 16.2 Å². The van der Waals surface area contributed by atoms with E-state index in [0.29, 0.717) is 12.1 Å². The van der Waals surface area contributed by atoms with E-state index in [1.165, 1.54) is 12.1 Å². The Balaban J connectivity index is 2.91. The number of rotatable bonds is 5. The van der Waals surface area contributed by atoms with Crippen molar-refractivity contribution in [3.05, 3.63) is 29.3 Å². The van der Waals surface area contributed by atoms with Gasteiger partial charge in [-0.1, -0.05) is 26.8 Å². The van der Waals surface area contributed by atoms with E-state index in [1.54, 1.807) is 6.07 Å². The molecule has 0 fully saturated rings. The average Bonchev–Trinajstić information content (AvgIpc) is 2.37. The smallest absolute Gasteiger partial charge is 0.335 e. The van der Waals surface area contributed by atoms with Crippen LogP contribution in [-0.4, -0.2) is 23.5 Å². The number of hydrogen-bond donors (Lipinski definition) is 3. The first kappa shape index (κ1) is 17.2. The number of amides is 1. The number of carboxylic acid groups (broad SMARTS) is 1. The van der Waals surface area contributed by atoms with Gasteiger partial charge in [-0.15, -0.1) is 0 Å². The van der Waals surface area contributed by atoms with Crippen LogP contribution >= 0.6 is 0 Å². The highest BCUT2D eigenvalue weighted by atomic mass is 16.4. The van der Waals surface area contributed by atoms with Crippen LogP contribution in [0.15, 0.2) is 18.2 Å². The van der Waals surface area contributed by atoms with Crippen LogP contribution in [0.2, 0.25) is 0 Å². The Morgan fingerprint density at radius 1 is 1.33 bits per heavy atom. The van der Waals surface area contributed by atoms with Gasteiger partial charge in [0.15, 0.2) is 0 Å². The third kappa shape index (κ3) is 5.19. The van der Waals surface area contributed by atoms with Crippen LogP contribution in [0, 0.1) is 18.3 Å². The van der Waals surface area contributed by atoms with E-state index >= 15 is 0 Å². The van der Waals surface area contributed by atoms with Crippen LogP contribution in [0.25, 0.3) is 0 Å². The molecule has 0 aliphatic carbocycles. The van der Waals surface area contributed by atoms with Crippen LogP contribution < -0.4 is 11.1 Å². The average molecular weight is 292 g/mol. The molecule has 0 heterocycles. The number of carboxylic acids is 1. The maximum absolute atomic E-state index is 12.3. The van der Waals surface area contributed by atoms with Gasteiger partial charge >= 0.3 is 5.97 Å². The molecule has 1 aromatic rings. The highest BCUT2D eigenvalue weighted by Gasteiger charge is 2.24. The molecule has 1 rings (SSSR count). The number of carbonyl (C=O) groups is 2. The van der Waals surface area contributed by atoms with Crippen molar-refractivity contribution in [3.63, 3.8) is 0 Å². The second kappa shape index (κ2) is 6.72. The maximum atomic E-state index is 12.3. The van der Waals surface area contributed by atoms with Crippen LogP contribution in [-0.2, 0) is 4.79 Å². The van der Waals surface area contributed by atoms with Gasteiger partial charge in [-0.3, -0.25) is 4.79 Å². The van der Waals surface area contributed by atoms with Crippen molar-refractivity contribution in [1.29, 1.82) is 0 Å². The summed E-state index contributed by atoms with van der Waals surface area (Å²) in [5, 5.41) is 11.8. The van der Waals surface area contributed by atoms with Gasteiger partial charge in [-0.2, -0.15) is 0 Å². The molecule has 0 saturated heterocycles. The minimum absolute atomic E-state index is 0.000661. The van der Waals surface area contributed by atoms with Crippen LogP contribution in [0.1, 0.15) is 43.1 Å². The molecule has 1 unspecified atom stereocenters. The number of benzene rings is 1. The van der Waals surface area contributed by atoms with Gasteiger partial charge in [-0.25, -0.2) is 4.79 Å². The summed E-state index contributed by atoms with van der Waals surface area (Å²) in [5.41, 5.74) is 7.18. The maximum Gasteiger partial charge on any atom is 0.335 e. The number of hydrogen-bond acceptors (Lipinski definition) is 3. The summed E-state index contributed by atoms with van der Waals surface area (Å²) in [4.78, 5) is 23.3. The number of anilines is 1. The summed E-state index contributed by atoms with van der Waals surface area (Å²) in [7, 11) is 0. The van der Waals surface area contributed by atoms with E-state index in [4.69, 9.17) is 10.8 Å². The first-order valence-electron chi connectivity index (χ1n) is 6.99. The highest BCUT2D eigenvalue weighted by molar-refractivity contribution is 5.95. The predicted molar refractivity (Wildman–Crippen MR) is 83.4 cm³/mol. The standard InChI is InChI=1S/C16H24N2O3/c1-10-5-6-11(15(20)21)7-13(10)18-14(19)12(9-17)8-16(2,3)4/h5-7,12H,8-9,17H2,1-4H3,(H,18,19)(H,20,21). The minimum Gasteiger partial charge on any atom is -0.478 e. The zero-order chi connectivity index (χ0) is 16.2. The molecule has 0 aromatic heterocycles. The van der Waals surface area contributed by atoms with Crippen molar-refractivity contribution < 1.29 is 14.7 Å². The zero-order valence-corrected chi connectivity index (χ0v) is 13.1. The Morgan fingerprint density at radius 3 is 2.43 bits per heavy atom. The molecule has 0 aliphatic heterocycles. The molecular weight excluding hydrogens is 268 g/mol. The van der Waals surface area contributed by atoms with E-state index in [2.05, 4.69) is 26.1 Å². The molecule has 21 heavy (non-hydrogen) atoms. The van der Waals surface area contributed by atoms with Crippen molar-refractivity contribution in [2.75, 3.05) is 11.9 Å². The second-order valence-electron chi connectivity index (χ2n) is 6.52. The molecule has 5 heteroatoms. The second-order valence-corrected chi connectivity index (χ2v) is 6.52. The van der Waals surface area contributed by atoms with Crippen molar-refractivity contribution in [2.24, 2.45) is 17.1 Å². The largest absolute Gasteiger partial charge is 0.478 e. The SMILES string of the molecule is Cc1ccc(C(=O)O)cc1NC(=O)C(CN)CC(C)(C)C. The van der Waals surface area contributed by atoms with Crippen molar-refractivity contribution in [1.82, 2.24) is 0 Å². The van der Waals surface area contributed by atoms with E-state index in [0.717, 1.165) is 5.56 Å². The highest BCUT2D eigenvalue weighted by Crippen LogP contribution is 2.25. The van der Waals surface area contributed by atoms with Crippen LogP contribution in [0.5, 0.6) is 0 Å². The normalized spacial score (nSPS) is 12.8. The molecule has 116 valence electrons. The molecule has 0 radical (unpaired) electrons. The van der Waals surface area contributed by atoms with Crippen LogP contribution in [0.4, 0.5) is 5.69 Å². The van der Waals surface area contributed by atoms with Crippen molar-refractivity contribution in [3.8, 4) is 0 Å². The lowest BCUT2D eigenvalue weighted by atomic mass is 9.84. The molecular formula is C16H24N2O3. The van der Waals surface area contributed by atoms with Gasteiger partial charge in [0.2, 0.25) is 5.91 Å². The number of carbonyl (C=O) groups excluding carboxylic acids is 1. The zero-order valence-electron chi connectivity index (χ0n) is 13.1. The number of aryl methyl sites for hydroxylation is 1. The third-order valence-corrected chi connectivity index (χ3v) is 3.26. The Morgan fingerprint density at radius 2 is 1.95 bits per heavy atom. The van der Waals surface area contributed by atoms with Gasteiger partial charge in [0.25, 0.3) is 0 Å². The van der Waals surface area contributed by atoms with E-state index < -0.39 is 5.97 Å². The summed E-state index contributed by atoms with van der Waals surface area (Å²) in [6.07, 6.45) is 0.674. The fraction of sp³-hybridized carbons (Fsp3) is 0.500. The summed E-state index contributed by atoms with van der Waals surface area (Å²) < 4.78 is 0. The Hall–Kier alpha value is -1.88. The number of nitrogens with one attached hydrogen (secondary N) is 1. The van der Waals surface area contributed by atoms with E-state index in [-0.39, 0.29) is 29.3 Å². The van der Waals surface area contributed by atoms with Gasteiger partial charge in [0.1, 0.15) is 0 Å². The lowest BCUT2D eigenvalue weighted by molar-refractivity contribution is -0.120. The van der Waals surface area contributed by atoms with Gasteiger partial charge in [0.05, 0.1) is 11.5 Å². The monoisotopic (exact) mass is 292 g/mol. The number of aromatic carboxylic acids is 1. The van der Waals surface area contributed by atoms with Crippen molar-refractivity contribution in [2.45, 2.75) is 34.1 Å². The summed E-state index contributed by atoms with van der Waals surface area (Å²) in [6, 6.07) is 4.67. The van der Waals surface area contributed by atoms with Gasteiger partial charge in [-0.05, 0) is 36.5 Å². The third-order valence-electron chi connectivity index (χ3n) is 3.26. The quantitative estimate of drug-likeness (QED) is 0.778. The fourth-order valence-electron chi connectivity index (χ4n) is 2.15. The fourth-order valence-corrected chi connectivity index (χ4v) is 2.15. The molecule has 0 saturated carbocycles. The summed E-state index contributed by atoms with van der Waals surface area (Å²) in [6.45, 7) is 8.25. The predicted octanol–water partition coefficient (Wildman–Crippen LogP) is 2.64. The molecule has 1 amide bonds. The Kier molecular flexibility index (Phi) is 5.49. The summed E-state index contributed by atoms with van der Waals surface area (Å²) >= 11 is 0. The van der Waals surface area contributed by atoms with Crippen LogP contribution in [0.3, 0.4) is 0 Å². The number of nitrogens with two attached hydrogens (primary N) is 1. The van der Waals surface area contributed by atoms with E-state index in [1.807, 2.05) is 6.92 Å². The molecule has 1 atom stereocenters. The first-order valence-corrected chi connectivity index (χ1v) is 6.99. The van der Waals surface area contributed by atoms with Crippen molar-refractivity contribution >= 4 is 17.6 Å². The molecule has 0 bridgehead atoms. The van der Waals surface area contributed by atoms with E-state index in [9.17, 15) is 9.59 Å². The molecule has 1 aromatic carbocycles. The Labute approximate surface area is 125 Å². The molecule has 5 nitrogen and oxygen atoms in total. The minimum atomic E-state index is -1.02. The lowest BCUT2D eigenvalue weighted by Gasteiger charge is -2.24. The molecule has 0 spiro atoms.